The van der Waals surface area contributed by atoms with Gasteiger partial charge in [-0.05, 0) is 29.3 Å². The fraction of sp³-hybridized carbons (Fsp3) is 0.200. The highest BCUT2D eigenvalue weighted by atomic mass is 79.9. The number of fused-ring (bicyclic) bond motifs is 1. The van der Waals surface area contributed by atoms with Gasteiger partial charge in [0.1, 0.15) is 11.9 Å². The van der Waals surface area contributed by atoms with Gasteiger partial charge in [0, 0.05) is 11.4 Å². The average Bonchev–Trinajstić information content (AvgIpc) is 2.82. The SMILES string of the molecule is Clc1ccc(C(Br)C2Cc3ccccc3O2)cc1. The predicted molar refractivity (Wildman–Crippen MR) is 77.7 cm³/mol. The maximum atomic E-state index is 5.97. The lowest BCUT2D eigenvalue weighted by Crippen LogP contribution is -2.18. The summed E-state index contributed by atoms with van der Waals surface area (Å²) in [7, 11) is 0. The molecule has 0 N–H and O–H groups in total. The monoisotopic (exact) mass is 322 g/mol. The van der Waals surface area contributed by atoms with E-state index >= 15 is 0 Å². The summed E-state index contributed by atoms with van der Waals surface area (Å²) in [6.45, 7) is 0. The van der Waals surface area contributed by atoms with E-state index in [2.05, 4.69) is 28.1 Å². The average molecular weight is 324 g/mol. The van der Waals surface area contributed by atoms with E-state index < -0.39 is 0 Å². The van der Waals surface area contributed by atoms with Crippen molar-refractivity contribution < 1.29 is 4.74 Å². The number of halogens is 2. The molecule has 0 fully saturated rings. The van der Waals surface area contributed by atoms with E-state index in [1.165, 1.54) is 11.1 Å². The summed E-state index contributed by atoms with van der Waals surface area (Å²) in [5.41, 5.74) is 2.47. The molecule has 1 aliphatic heterocycles. The quantitative estimate of drug-likeness (QED) is 0.723. The van der Waals surface area contributed by atoms with Gasteiger partial charge in [0.05, 0.1) is 4.83 Å². The number of hydrogen-bond acceptors (Lipinski definition) is 1. The van der Waals surface area contributed by atoms with Crippen molar-refractivity contribution >= 4 is 27.5 Å². The maximum Gasteiger partial charge on any atom is 0.123 e. The zero-order chi connectivity index (χ0) is 12.5. The molecule has 2 unspecified atom stereocenters. The van der Waals surface area contributed by atoms with Gasteiger partial charge in [0.25, 0.3) is 0 Å². The number of para-hydroxylation sites is 1. The number of hydrogen-bond donors (Lipinski definition) is 0. The zero-order valence-electron chi connectivity index (χ0n) is 9.64. The zero-order valence-corrected chi connectivity index (χ0v) is 12.0. The fourth-order valence-electron chi connectivity index (χ4n) is 2.23. The lowest BCUT2D eigenvalue weighted by atomic mass is 10.0. The largest absolute Gasteiger partial charge is 0.488 e. The standard InChI is InChI=1S/C15H12BrClO/c16-15(10-5-7-12(17)8-6-10)14-9-11-3-1-2-4-13(11)18-14/h1-8,14-15H,9H2. The Kier molecular flexibility index (Phi) is 3.31. The third kappa shape index (κ3) is 2.27. The molecule has 0 aromatic heterocycles. The highest BCUT2D eigenvalue weighted by Gasteiger charge is 2.29. The van der Waals surface area contributed by atoms with Crippen LogP contribution in [0.2, 0.25) is 5.02 Å². The molecule has 2 atom stereocenters. The molecular formula is C15H12BrClO. The van der Waals surface area contributed by atoms with Crippen molar-refractivity contribution in [1.82, 2.24) is 0 Å². The van der Waals surface area contributed by atoms with Crippen LogP contribution in [-0.2, 0) is 6.42 Å². The molecule has 1 heterocycles. The minimum absolute atomic E-state index is 0.142. The molecule has 2 aromatic rings. The highest BCUT2D eigenvalue weighted by molar-refractivity contribution is 9.09. The van der Waals surface area contributed by atoms with Gasteiger partial charge in [-0.15, -0.1) is 0 Å². The second kappa shape index (κ2) is 4.94. The topological polar surface area (TPSA) is 9.23 Å². The predicted octanol–water partition coefficient (Wildman–Crippen LogP) is 4.78. The van der Waals surface area contributed by atoms with E-state index in [1.807, 2.05) is 36.4 Å². The molecule has 3 rings (SSSR count). The van der Waals surface area contributed by atoms with Gasteiger partial charge in [-0.1, -0.05) is 57.9 Å². The first-order chi connectivity index (χ1) is 8.74. The van der Waals surface area contributed by atoms with Crippen molar-refractivity contribution in [3.8, 4) is 5.75 Å². The van der Waals surface area contributed by atoms with E-state index in [4.69, 9.17) is 16.3 Å². The van der Waals surface area contributed by atoms with E-state index in [0.29, 0.717) is 0 Å². The van der Waals surface area contributed by atoms with Crippen LogP contribution in [0, 0.1) is 0 Å². The van der Waals surface area contributed by atoms with Crippen molar-refractivity contribution in [2.24, 2.45) is 0 Å². The number of ether oxygens (including phenoxy) is 1. The first-order valence-corrected chi connectivity index (χ1v) is 7.17. The lowest BCUT2D eigenvalue weighted by molar-refractivity contribution is 0.232. The van der Waals surface area contributed by atoms with Crippen LogP contribution in [-0.4, -0.2) is 6.10 Å². The van der Waals surface area contributed by atoms with Crippen LogP contribution in [0.3, 0.4) is 0 Å². The Bertz CT molecular complexity index is 528. The van der Waals surface area contributed by atoms with Crippen LogP contribution in [0.4, 0.5) is 0 Å². The van der Waals surface area contributed by atoms with Crippen molar-refractivity contribution in [2.45, 2.75) is 17.4 Å². The van der Waals surface area contributed by atoms with Crippen molar-refractivity contribution in [1.29, 1.82) is 0 Å². The summed E-state index contributed by atoms with van der Waals surface area (Å²) >= 11 is 9.63. The number of rotatable bonds is 2. The molecule has 3 heteroatoms. The van der Waals surface area contributed by atoms with E-state index in [-0.39, 0.29) is 10.9 Å². The van der Waals surface area contributed by atoms with Gasteiger partial charge in [-0.3, -0.25) is 0 Å². The van der Waals surface area contributed by atoms with Crippen LogP contribution in [0.5, 0.6) is 5.75 Å². The molecule has 1 aliphatic rings. The van der Waals surface area contributed by atoms with E-state index in [0.717, 1.165) is 17.2 Å². The highest BCUT2D eigenvalue weighted by Crippen LogP contribution is 2.38. The normalized spacial score (nSPS) is 19.1. The third-order valence-electron chi connectivity index (χ3n) is 3.19. The minimum atomic E-state index is 0.142. The first kappa shape index (κ1) is 12.1. The molecule has 0 saturated heterocycles. The summed E-state index contributed by atoms with van der Waals surface area (Å²) in [4.78, 5) is 0.183. The van der Waals surface area contributed by atoms with E-state index in [1.54, 1.807) is 0 Å². The van der Waals surface area contributed by atoms with E-state index in [9.17, 15) is 0 Å². The molecule has 2 aromatic carbocycles. The maximum absolute atomic E-state index is 5.97. The molecule has 0 aliphatic carbocycles. The Balaban J connectivity index is 1.80. The number of alkyl halides is 1. The summed E-state index contributed by atoms with van der Waals surface area (Å²) in [6, 6.07) is 16.1. The van der Waals surface area contributed by atoms with Crippen LogP contribution in [0.1, 0.15) is 16.0 Å². The Morgan fingerprint density at radius 1 is 1.11 bits per heavy atom. The molecule has 0 amide bonds. The molecule has 0 radical (unpaired) electrons. The Hall–Kier alpha value is -0.990. The Morgan fingerprint density at radius 3 is 2.56 bits per heavy atom. The molecule has 18 heavy (non-hydrogen) atoms. The van der Waals surface area contributed by atoms with Gasteiger partial charge in [0.15, 0.2) is 0 Å². The summed E-state index contributed by atoms with van der Waals surface area (Å²) in [5.74, 6) is 1.00. The number of benzene rings is 2. The molecule has 0 saturated carbocycles. The lowest BCUT2D eigenvalue weighted by Gasteiger charge is -2.18. The summed E-state index contributed by atoms with van der Waals surface area (Å²) < 4.78 is 5.97. The fourth-order valence-corrected chi connectivity index (χ4v) is 2.96. The molecule has 0 bridgehead atoms. The van der Waals surface area contributed by atoms with Crippen LogP contribution < -0.4 is 4.74 Å². The summed E-state index contributed by atoms with van der Waals surface area (Å²) in [6.07, 6.45) is 1.08. The second-order valence-electron chi connectivity index (χ2n) is 4.42. The molecular weight excluding hydrogens is 312 g/mol. The Morgan fingerprint density at radius 2 is 1.83 bits per heavy atom. The third-order valence-corrected chi connectivity index (χ3v) is 4.56. The van der Waals surface area contributed by atoms with Gasteiger partial charge < -0.3 is 4.74 Å². The van der Waals surface area contributed by atoms with Crippen LogP contribution in [0.25, 0.3) is 0 Å². The summed E-state index contributed by atoms with van der Waals surface area (Å²) in [5, 5.41) is 0.758. The first-order valence-electron chi connectivity index (χ1n) is 5.88. The van der Waals surface area contributed by atoms with Gasteiger partial charge >= 0.3 is 0 Å². The van der Waals surface area contributed by atoms with Crippen LogP contribution in [0.15, 0.2) is 48.5 Å². The van der Waals surface area contributed by atoms with Crippen molar-refractivity contribution in [3.63, 3.8) is 0 Å². The molecule has 1 nitrogen and oxygen atoms in total. The minimum Gasteiger partial charge on any atom is -0.488 e. The Labute approximate surface area is 120 Å². The van der Waals surface area contributed by atoms with Crippen LogP contribution >= 0.6 is 27.5 Å². The smallest absolute Gasteiger partial charge is 0.123 e. The molecule has 0 spiro atoms. The molecule has 92 valence electrons. The van der Waals surface area contributed by atoms with Gasteiger partial charge in [-0.2, -0.15) is 0 Å². The second-order valence-corrected chi connectivity index (χ2v) is 5.84. The van der Waals surface area contributed by atoms with Crippen molar-refractivity contribution in [2.75, 3.05) is 0 Å². The van der Waals surface area contributed by atoms with Gasteiger partial charge in [-0.25, -0.2) is 0 Å². The van der Waals surface area contributed by atoms with Crippen molar-refractivity contribution in [3.05, 3.63) is 64.7 Å². The van der Waals surface area contributed by atoms with Gasteiger partial charge in [0.2, 0.25) is 0 Å².